The van der Waals surface area contributed by atoms with Crippen LogP contribution in [-0.4, -0.2) is 86.8 Å². The number of pyridine rings is 3. The molecule has 7 heterocycles. The molecule has 3 atom stereocenters. The zero-order valence-electron chi connectivity index (χ0n) is 31.9. The van der Waals surface area contributed by atoms with Crippen LogP contribution in [0.1, 0.15) is 75.5 Å². The van der Waals surface area contributed by atoms with Crippen LogP contribution in [0.4, 0.5) is 0 Å². The lowest BCUT2D eigenvalue weighted by Crippen LogP contribution is -2.38. The van der Waals surface area contributed by atoms with Gasteiger partial charge in [-0.3, -0.25) is 14.8 Å². The predicted octanol–water partition coefficient (Wildman–Crippen LogP) is 8.22. The Morgan fingerprint density at radius 2 is 1.45 bits per heavy atom. The van der Waals surface area contributed by atoms with Gasteiger partial charge >= 0.3 is 0 Å². The van der Waals surface area contributed by atoms with Gasteiger partial charge in [0.05, 0.1) is 48.7 Å². The Labute approximate surface area is 314 Å². The van der Waals surface area contributed by atoms with Crippen LogP contribution in [0.2, 0.25) is 0 Å². The maximum atomic E-state index is 10.3. The summed E-state index contributed by atoms with van der Waals surface area (Å²) in [6.07, 6.45) is 7.25. The number of benzene rings is 1. The summed E-state index contributed by atoms with van der Waals surface area (Å²) in [6, 6.07) is 29.5. The molecule has 53 heavy (non-hydrogen) atoms. The molecule has 3 unspecified atom stereocenters. The third-order valence-corrected chi connectivity index (χ3v) is 10.1. The van der Waals surface area contributed by atoms with Gasteiger partial charge in [-0.1, -0.05) is 44.2 Å². The van der Waals surface area contributed by atoms with Crippen molar-refractivity contribution in [1.29, 1.82) is 0 Å². The van der Waals surface area contributed by atoms with Crippen molar-refractivity contribution in [3.63, 3.8) is 0 Å². The van der Waals surface area contributed by atoms with Gasteiger partial charge in [0, 0.05) is 60.2 Å². The Balaban J connectivity index is 0.000000174. The molecule has 8 rings (SSSR count). The number of hydrogen-bond acceptors (Lipinski definition) is 7. The van der Waals surface area contributed by atoms with Crippen molar-refractivity contribution in [3.8, 4) is 28.4 Å². The van der Waals surface area contributed by atoms with Gasteiger partial charge < -0.3 is 28.5 Å². The zero-order chi connectivity index (χ0) is 37.3. The summed E-state index contributed by atoms with van der Waals surface area (Å²) in [6.45, 7) is 13.8. The highest BCUT2D eigenvalue weighted by molar-refractivity contribution is 5.73. The number of aliphatic hydroxyl groups is 2. The van der Waals surface area contributed by atoms with E-state index in [0.717, 1.165) is 77.8 Å². The molecule has 0 bridgehead atoms. The van der Waals surface area contributed by atoms with Gasteiger partial charge in [-0.15, -0.1) is 0 Å². The van der Waals surface area contributed by atoms with Crippen LogP contribution >= 0.6 is 0 Å². The highest BCUT2D eigenvalue weighted by Crippen LogP contribution is 2.36. The molecule has 9 nitrogen and oxygen atoms in total. The Bertz CT molecular complexity index is 2040. The van der Waals surface area contributed by atoms with E-state index in [9.17, 15) is 10.2 Å². The van der Waals surface area contributed by atoms with Crippen LogP contribution in [0.15, 0.2) is 104 Å². The minimum Gasteiger partial charge on any atom is -0.491 e. The zero-order valence-corrected chi connectivity index (χ0v) is 31.9. The smallest absolute Gasteiger partial charge is 0.137 e. The van der Waals surface area contributed by atoms with E-state index in [0.29, 0.717) is 12.6 Å². The SMILES string of the molecule is CC.CC(O)c1cc2ccccn2c1-c1ccc(OCCN2CCOCC2)cn1.CC(O)c1cc2ccccn2c1-c1cccc(C2CCCN2C)c1. The number of likely N-dealkylation sites (tertiary alicyclic amines) is 1. The van der Waals surface area contributed by atoms with Crippen molar-refractivity contribution in [2.75, 3.05) is 53.0 Å². The number of hydrogen-bond donors (Lipinski definition) is 2. The van der Waals surface area contributed by atoms with E-state index in [2.05, 4.69) is 73.2 Å². The van der Waals surface area contributed by atoms with Crippen LogP contribution in [0.3, 0.4) is 0 Å². The third-order valence-electron chi connectivity index (χ3n) is 10.1. The summed E-state index contributed by atoms with van der Waals surface area (Å²) in [4.78, 5) is 9.36. The van der Waals surface area contributed by atoms with Crippen LogP contribution in [0, 0.1) is 0 Å². The second-order valence-electron chi connectivity index (χ2n) is 13.7. The number of aromatic nitrogens is 3. The number of aliphatic hydroxyl groups excluding tert-OH is 2. The normalized spacial score (nSPS) is 17.5. The van der Waals surface area contributed by atoms with E-state index in [1.54, 1.807) is 13.1 Å². The topological polar surface area (TPSA) is 87.1 Å². The van der Waals surface area contributed by atoms with Gasteiger partial charge in [0.25, 0.3) is 0 Å². The summed E-state index contributed by atoms with van der Waals surface area (Å²) >= 11 is 0. The lowest BCUT2D eigenvalue weighted by atomic mass is 9.98. The highest BCUT2D eigenvalue weighted by Gasteiger charge is 2.24. The average Bonchev–Trinajstić information content (AvgIpc) is 3.92. The molecule has 0 saturated carbocycles. The Morgan fingerprint density at radius 1 is 0.792 bits per heavy atom. The fourth-order valence-corrected chi connectivity index (χ4v) is 7.45. The van der Waals surface area contributed by atoms with Crippen LogP contribution in [0.5, 0.6) is 5.75 Å². The molecule has 0 aliphatic carbocycles. The van der Waals surface area contributed by atoms with E-state index >= 15 is 0 Å². The number of rotatable bonds is 9. The molecular formula is C44H55N5O4. The van der Waals surface area contributed by atoms with Crippen LogP contribution in [-0.2, 0) is 4.74 Å². The van der Waals surface area contributed by atoms with Gasteiger partial charge in [-0.05, 0) is 106 Å². The lowest BCUT2D eigenvalue weighted by Gasteiger charge is -2.26. The van der Waals surface area contributed by atoms with Gasteiger partial charge in [0.2, 0.25) is 0 Å². The van der Waals surface area contributed by atoms with Crippen LogP contribution in [0.25, 0.3) is 33.7 Å². The van der Waals surface area contributed by atoms with Crippen molar-refractivity contribution in [2.45, 2.75) is 58.8 Å². The quantitative estimate of drug-likeness (QED) is 0.156. The van der Waals surface area contributed by atoms with Crippen molar-refractivity contribution in [1.82, 2.24) is 23.6 Å². The molecule has 2 N–H and O–H groups in total. The lowest BCUT2D eigenvalue weighted by molar-refractivity contribution is 0.0322. The molecular weight excluding hydrogens is 663 g/mol. The van der Waals surface area contributed by atoms with Crippen LogP contribution < -0.4 is 4.74 Å². The number of ether oxygens (including phenoxy) is 2. The second-order valence-corrected chi connectivity index (χ2v) is 13.7. The molecule has 5 aromatic heterocycles. The minimum atomic E-state index is -0.564. The minimum absolute atomic E-state index is 0.488. The summed E-state index contributed by atoms with van der Waals surface area (Å²) in [5.74, 6) is 0.756. The van der Waals surface area contributed by atoms with E-state index in [1.165, 1.54) is 30.5 Å². The molecule has 2 saturated heterocycles. The first-order chi connectivity index (χ1) is 25.9. The number of nitrogens with zero attached hydrogens (tertiary/aromatic N) is 5. The maximum absolute atomic E-state index is 10.3. The molecule has 0 spiro atoms. The van der Waals surface area contributed by atoms with Gasteiger partial charge in [-0.25, -0.2) is 0 Å². The van der Waals surface area contributed by atoms with Gasteiger partial charge in [0.15, 0.2) is 0 Å². The number of fused-ring (bicyclic) bond motifs is 2. The molecule has 0 radical (unpaired) electrons. The maximum Gasteiger partial charge on any atom is 0.137 e. The summed E-state index contributed by atoms with van der Waals surface area (Å²) < 4.78 is 15.4. The van der Waals surface area contributed by atoms with Crippen molar-refractivity contribution in [2.24, 2.45) is 0 Å². The fraction of sp³-hybridized carbons (Fsp3) is 0.386. The van der Waals surface area contributed by atoms with E-state index in [4.69, 9.17) is 9.47 Å². The molecule has 1 aromatic carbocycles. The molecule has 0 amide bonds. The first-order valence-electron chi connectivity index (χ1n) is 19.1. The molecule has 2 aliphatic rings. The standard InChI is InChI=1S/C21H25N3O3.C21H24N2O.C2H6/c1-16(25)19-14-17-4-2-3-7-24(17)21(19)20-6-5-18(15-22-20)27-13-10-23-8-11-26-12-9-23;1-15(24)19-14-18-9-3-4-12-23(18)21(19)17-8-5-7-16(13-17)20-10-6-11-22(20)2;1-2/h2-7,14-16,25H,8-13H2,1H3;3-5,7-9,12-15,20,24H,6,10-11H2,1-2H3;1-2H3. The first kappa shape index (κ1) is 38.2. The van der Waals surface area contributed by atoms with Gasteiger partial charge in [0.1, 0.15) is 12.4 Å². The van der Waals surface area contributed by atoms with Crippen molar-refractivity contribution >= 4 is 11.0 Å². The van der Waals surface area contributed by atoms with E-state index < -0.39 is 12.2 Å². The first-order valence-corrected chi connectivity index (χ1v) is 19.1. The fourth-order valence-electron chi connectivity index (χ4n) is 7.45. The summed E-state index contributed by atoms with van der Waals surface area (Å²) in [5.41, 5.74) is 9.39. The molecule has 9 heteroatoms. The predicted molar refractivity (Wildman–Crippen MR) is 213 cm³/mol. The van der Waals surface area contributed by atoms with E-state index in [-0.39, 0.29) is 0 Å². The van der Waals surface area contributed by atoms with Crippen molar-refractivity contribution < 1.29 is 19.7 Å². The molecule has 2 fully saturated rings. The highest BCUT2D eigenvalue weighted by atomic mass is 16.5. The Morgan fingerprint density at radius 3 is 2.06 bits per heavy atom. The summed E-state index contributed by atoms with van der Waals surface area (Å²) in [5, 5.41) is 20.5. The Kier molecular flexibility index (Phi) is 13.0. The van der Waals surface area contributed by atoms with Crippen molar-refractivity contribution in [3.05, 3.63) is 120 Å². The monoisotopic (exact) mass is 717 g/mol. The van der Waals surface area contributed by atoms with E-state index in [1.807, 2.05) is 75.5 Å². The summed E-state index contributed by atoms with van der Waals surface area (Å²) in [7, 11) is 2.21. The Hall–Kier alpha value is -4.51. The number of morpholine rings is 1. The second kappa shape index (κ2) is 18.0. The molecule has 6 aromatic rings. The molecule has 2 aliphatic heterocycles. The largest absolute Gasteiger partial charge is 0.491 e. The average molecular weight is 718 g/mol. The third kappa shape index (κ3) is 8.83. The van der Waals surface area contributed by atoms with Gasteiger partial charge in [-0.2, -0.15) is 0 Å². The molecule has 280 valence electrons.